The first-order valence-electron chi connectivity index (χ1n) is 15.8. The lowest BCUT2D eigenvalue weighted by atomic mass is 9.88. The maximum Gasteiger partial charge on any atom is 0.335 e. The van der Waals surface area contributed by atoms with Gasteiger partial charge in [0.05, 0.1) is 30.9 Å². The molecule has 46 heavy (non-hydrogen) atoms. The highest BCUT2D eigenvalue weighted by Crippen LogP contribution is 2.18. The minimum absolute atomic E-state index is 0.0186. The minimum atomic E-state index is -1.13. The van der Waals surface area contributed by atoms with Gasteiger partial charge in [-0.3, -0.25) is 9.59 Å². The Morgan fingerprint density at radius 1 is 0.696 bits per heavy atom. The van der Waals surface area contributed by atoms with Crippen LogP contribution in [-0.2, 0) is 9.59 Å². The summed E-state index contributed by atoms with van der Waals surface area (Å²) in [4.78, 5) is 40.6. The van der Waals surface area contributed by atoms with E-state index in [1.165, 1.54) is 63.1 Å². The Kier molecular flexibility index (Phi) is 32.7. The number of aromatic carboxylic acids is 2. The molecule has 1 aromatic carbocycles. The lowest BCUT2D eigenvalue weighted by Crippen LogP contribution is -2.32. The molecular formula is C32H59N3O11. The second-order valence-electron chi connectivity index (χ2n) is 10.9. The fourth-order valence-corrected chi connectivity index (χ4v) is 3.60. The van der Waals surface area contributed by atoms with Crippen LogP contribution in [0.2, 0.25) is 0 Å². The van der Waals surface area contributed by atoms with E-state index in [4.69, 9.17) is 52.9 Å². The molecule has 0 unspecified atom stereocenters. The molecule has 1 saturated carbocycles. The molecule has 0 spiro atoms. The number of hydrogen-bond donors (Lipinski definition) is 10. The number of aliphatic hydroxyl groups is 3. The number of unbranched alkanes of at least 4 members (excludes halogenated alkanes) is 4. The molecule has 1 aliphatic carbocycles. The molecule has 2 rings (SSSR count). The molecule has 0 atom stereocenters. The average Bonchev–Trinajstić information content (AvgIpc) is 3.04. The Hall–Kier alpha value is -3.14. The van der Waals surface area contributed by atoms with Crippen LogP contribution in [0, 0.1) is 5.41 Å². The van der Waals surface area contributed by atoms with Gasteiger partial charge in [0.2, 0.25) is 0 Å². The van der Waals surface area contributed by atoms with E-state index in [1.54, 1.807) is 0 Å². The lowest BCUT2D eigenvalue weighted by molar-refractivity contribution is -0.139. The van der Waals surface area contributed by atoms with Crippen molar-refractivity contribution in [2.24, 2.45) is 22.6 Å². The molecule has 1 aromatic rings. The minimum Gasteiger partial charge on any atom is -0.481 e. The third-order valence-corrected chi connectivity index (χ3v) is 6.95. The van der Waals surface area contributed by atoms with E-state index in [2.05, 4.69) is 0 Å². The van der Waals surface area contributed by atoms with Gasteiger partial charge in [-0.05, 0) is 76.2 Å². The molecule has 0 heterocycles. The predicted octanol–water partition coefficient (Wildman–Crippen LogP) is 2.90. The fourth-order valence-electron chi connectivity index (χ4n) is 3.60. The molecule has 14 heteroatoms. The smallest absolute Gasteiger partial charge is 0.335 e. The molecule has 0 aliphatic heterocycles. The largest absolute Gasteiger partial charge is 0.481 e. The zero-order valence-electron chi connectivity index (χ0n) is 27.3. The van der Waals surface area contributed by atoms with Crippen molar-refractivity contribution in [2.75, 3.05) is 32.9 Å². The third kappa shape index (κ3) is 29.6. The van der Waals surface area contributed by atoms with E-state index in [1.807, 2.05) is 6.92 Å². The second kappa shape index (κ2) is 31.8. The maximum atomic E-state index is 10.4. The number of carboxylic acids is 4. The topological polar surface area (TPSA) is 288 Å². The van der Waals surface area contributed by atoms with E-state index in [-0.39, 0.29) is 43.8 Å². The molecule has 0 aromatic heterocycles. The summed E-state index contributed by atoms with van der Waals surface area (Å²) in [5, 5.41) is 59.2. The van der Waals surface area contributed by atoms with Gasteiger partial charge in [0.15, 0.2) is 0 Å². The quantitative estimate of drug-likeness (QED) is 0.114. The molecule has 14 nitrogen and oxygen atoms in total. The molecule has 268 valence electrons. The zero-order valence-corrected chi connectivity index (χ0v) is 27.3. The van der Waals surface area contributed by atoms with Gasteiger partial charge in [-0.1, -0.05) is 45.1 Å². The van der Waals surface area contributed by atoms with Crippen LogP contribution in [0.4, 0.5) is 0 Å². The fraction of sp³-hybridized carbons (Fsp3) is 0.688. The van der Waals surface area contributed by atoms with Crippen molar-refractivity contribution in [3.8, 4) is 0 Å². The van der Waals surface area contributed by atoms with Crippen molar-refractivity contribution in [1.82, 2.24) is 0 Å². The Balaban J connectivity index is -0.000000509. The van der Waals surface area contributed by atoms with Gasteiger partial charge in [-0.2, -0.15) is 0 Å². The summed E-state index contributed by atoms with van der Waals surface area (Å²) in [5.74, 6) is -3.99. The van der Waals surface area contributed by atoms with Crippen molar-refractivity contribution >= 4 is 23.9 Å². The molecule has 0 radical (unpaired) electrons. The van der Waals surface area contributed by atoms with Gasteiger partial charge in [-0.15, -0.1) is 0 Å². The van der Waals surface area contributed by atoms with E-state index in [0.29, 0.717) is 25.3 Å². The summed E-state index contributed by atoms with van der Waals surface area (Å²) in [6, 6.07) is 5.73. The summed E-state index contributed by atoms with van der Waals surface area (Å²) in [5.41, 5.74) is 15.5. The summed E-state index contributed by atoms with van der Waals surface area (Å²) in [6.07, 6.45) is 13.1. The van der Waals surface area contributed by atoms with Crippen LogP contribution in [0.5, 0.6) is 0 Å². The maximum absolute atomic E-state index is 10.4. The standard InChI is InChI=1S/C8H6O4.C6H16N2.C6H13N.C6H10O4.C6H14O3/c9-7(10)5-2-1-3-6(4-5)8(11)12;7-5-3-1-2-4-6-8;7-6-4-2-1-3-5-6;7-5(8)3-1-2-4-6(9)10;1-2-6(3-7,4-8)5-9/h1-4H,(H,9,10)(H,11,12);1-8H2;6H,1-5,7H2;1-4H2,(H,7,8)(H,9,10);7-9H,2-5H2,1H3. The molecule has 1 fully saturated rings. The molecule has 0 bridgehead atoms. The number of aliphatic carboxylic acids is 2. The molecule has 0 amide bonds. The van der Waals surface area contributed by atoms with Gasteiger partial charge in [0.25, 0.3) is 0 Å². The van der Waals surface area contributed by atoms with E-state index in [0.717, 1.165) is 32.0 Å². The first-order chi connectivity index (χ1) is 21.8. The van der Waals surface area contributed by atoms with Gasteiger partial charge in [0, 0.05) is 24.3 Å². The van der Waals surface area contributed by atoms with Crippen LogP contribution >= 0.6 is 0 Å². The van der Waals surface area contributed by atoms with Crippen molar-refractivity contribution in [1.29, 1.82) is 0 Å². The number of benzene rings is 1. The predicted molar refractivity (Wildman–Crippen MR) is 176 cm³/mol. The summed E-state index contributed by atoms with van der Waals surface area (Å²) < 4.78 is 0. The van der Waals surface area contributed by atoms with Crippen LogP contribution in [0.3, 0.4) is 0 Å². The van der Waals surface area contributed by atoms with Crippen LogP contribution < -0.4 is 17.2 Å². The van der Waals surface area contributed by atoms with Crippen LogP contribution in [0.25, 0.3) is 0 Å². The van der Waals surface area contributed by atoms with Crippen molar-refractivity contribution in [3.05, 3.63) is 35.4 Å². The van der Waals surface area contributed by atoms with Crippen LogP contribution in [0.15, 0.2) is 24.3 Å². The summed E-state index contributed by atoms with van der Waals surface area (Å²) >= 11 is 0. The van der Waals surface area contributed by atoms with Crippen molar-refractivity contribution < 1.29 is 54.9 Å². The van der Waals surface area contributed by atoms with Gasteiger partial charge >= 0.3 is 23.9 Å². The van der Waals surface area contributed by atoms with Crippen LogP contribution in [-0.4, -0.2) is 98.6 Å². The highest BCUT2D eigenvalue weighted by Gasteiger charge is 2.24. The highest BCUT2D eigenvalue weighted by atomic mass is 16.4. The molecule has 1 aliphatic rings. The Morgan fingerprint density at radius 2 is 1.09 bits per heavy atom. The lowest BCUT2D eigenvalue weighted by Gasteiger charge is -2.24. The number of hydrogen-bond acceptors (Lipinski definition) is 10. The van der Waals surface area contributed by atoms with E-state index >= 15 is 0 Å². The normalized spacial score (nSPS) is 12.3. The monoisotopic (exact) mass is 661 g/mol. The molecule has 0 saturated heterocycles. The Morgan fingerprint density at radius 3 is 1.30 bits per heavy atom. The van der Waals surface area contributed by atoms with Crippen LogP contribution in [0.1, 0.15) is 118 Å². The average molecular weight is 662 g/mol. The first kappa shape index (κ1) is 47.3. The molecule has 13 N–H and O–H groups in total. The number of carboxylic acid groups (broad SMARTS) is 4. The SMILES string of the molecule is CCC(CO)(CO)CO.NC1CCCCC1.NCCCCCCN.O=C(O)CCCCC(=O)O.O=C(O)c1cccc(C(=O)O)c1. The number of aliphatic hydroxyl groups excluding tert-OH is 3. The Bertz CT molecular complexity index is 854. The number of carbonyl (C=O) groups is 4. The third-order valence-electron chi connectivity index (χ3n) is 6.95. The zero-order chi connectivity index (χ0) is 35.8. The van der Waals surface area contributed by atoms with Crippen molar-refractivity contribution in [2.45, 2.75) is 103 Å². The van der Waals surface area contributed by atoms with E-state index < -0.39 is 29.3 Å². The van der Waals surface area contributed by atoms with Gasteiger partial charge in [-0.25, -0.2) is 9.59 Å². The number of rotatable bonds is 16. The summed E-state index contributed by atoms with van der Waals surface area (Å²) in [6.45, 7) is 3.00. The van der Waals surface area contributed by atoms with Gasteiger partial charge < -0.3 is 52.9 Å². The molecular weight excluding hydrogens is 602 g/mol. The second-order valence-corrected chi connectivity index (χ2v) is 10.9. The summed E-state index contributed by atoms with van der Waals surface area (Å²) in [7, 11) is 0. The van der Waals surface area contributed by atoms with Gasteiger partial charge in [0.1, 0.15) is 0 Å². The Labute approximate surface area is 272 Å². The first-order valence-corrected chi connectivity index (χ1v) is 15.8. The number of nitrogens with two attached hydrogens (primary N) is 3. The van der Waals surface area contributed by atoms with Crippen molar-refractivity contribution in [3.63, 3.8) is 0 Å². The highest BCUT2D eigenvalue weighted by molar-refractivity contribution is 5.93. The van der Waals surface area contributed by atoms with E-state index in [9.17, 15) is 19.2 Å².